The van der Waals surface area contributed by atoms with Crippen molar-refractivity contribution in [2.45, 2.75) is 51.2 Å². The molecule has 4 nitrogen and oxygen atoms in total. The summed E-state index contributed by atoms with van der Waals surface area (Å²) in [6.07, 6.45) is 8.96. The van der Waals surface area contributed by atoms with Crippen LogP contribution in [-0.2, 0) is 6.54 Å². The molecule has 2 aliphatic heterocycles. The Balaban J connectivity index is 1.97. The molecule has 0 aromatic carbocycles. The second-order valence-corrected chi connectivity index (χ2v) is 5.23. The quantitative estimate of drug-likeness (QED) is 0.886. The average Bonchev–Trinajstić information content (AvgIpc) is 2.93. The van der Waals surface area contributed by atoms with Crippen LogP contribution in [0.2, 0.25) is 0 Å². The highest BCUT2D eigenvalue weighted by Gasteiger charge is 2.30. The lowest BCUT2D eigenvalue weighted by atomic mass is 10.00. The van der Waals surface area contributed by atoms with E-state index in [1.165, 1.54) is 24.1 Å². The number of rotatable bonds is 4. The van der Waals surface area contributed by atoms with Gasteiger partial charge in [0.15, 0.2) is 5.75 Å². The van der Waals surface area contributed by atoms with Gasteiger partial charge in [-0.2, -0.15) is 5.10 Å². The van der Waals surface area contributed by atoms with E-state index in [4.69, 9.17) is 4.74 Å². The highest BCUT2D eigenvalue weighted by atomic mass is 16.5. The maximum Gasteiger partial charge on any atom is 0.164 e. The Morgan fingerprint density at radius 2 is 2.39 bits per heavy atom. The van der Waals surface area contributed by atoms with Gasteiger partial charge >= 0.3 is 0 Å². The van der Waals surface area contributed by atoms with E-state index < -0.39 is 0 Å². The lowest BCUT2D eigenvalue weighted by Crippen LogP contribution is -2.32. The van der Waals surface area contributed by atoms with Crippen molar-refractivity contribution >= 4 is 5.57 Å². The maximum atomic E-state index is 5.47. The first-order valence-corrected chi connectivity index (χ1v) is 6.88. The zero-order valence-corrected chi connectivity index (χ0v) is 11.1. The standard InChI is InChI=1S/C14H21N3O/c1-3-6-17-14(13(18-2)9-15-17)10-7-11-4-5-12(8-10)16-11/h7,9,11-12,16H,3-6,8H2,1-2H3. The molecule has 2 bridgehead atoms. The van der Waals surface area contributed by atoms with Gasteiger partial charge in [0.1, 0.15) is 5.69 Å². The van der Waals surface area contributed by atoms with Crippen molar-refractivity contribution in [1.29, 1.82) is 0 Å². The predicted octanol–water partition coefficient (Wildman–Crippen LogP) is 2.21. The van der Waals surface area contributed by atoms with E-state index in [2.05, 4.69) is 28.1 Å². The summed E-state index contributed by atoms with van der Waals surface area (Å²) in [6.45, 7) is 3.14. The van der Waals surface area contributed by atoms with Crippen LogP contribution in [0.5, 0.6) is 5.75 Å². The van der Waals surface area contributed by atoms with E-state index in [9.17, 15) is 0 Å². The van der Waals surface area contributed by atoms with E-state index >= 15 is 0 Å². The fourth-order valence-electron chi connectivity index (χ4n) is 3.12. The summed E-state index contributed by atoms with van der Waals surface area (Å²) in [5, 5.41) is 8.08. The molecule has 0 amide bonds. The number of nitrogens with zero attached hydrogens (tertiary/aromatic N) is 2. The monoisotopic (exact) mass is 247 g/mol. The minimum atomic E-state index is 0.549. The molecule has 0 aliphatic carbocycles. The Hall–Kier alpha value is -1.29. The van der Waals surface area contributed by atoms with Crippen LogP contribution in [-0.4, -0.2) is 29.0 Å². The van der Waals surface area contributed by atoms with Gasteiger partial charge in [-0.05, 0) is 31.3 Å². The Bertz CT molecular complexity index is 464. The van der Waals surface area contributed by atoms with Gasteiger partial charge in [0.2, 0.25) is 0 Å². The molecule has 0 radical (unpaired) electrons. The Kier molecular flexibility index (Phi) is 3.12. The number of aromatic nitrogens is 2. The Morgan fingerprint density at radius 3 is 3.11 bits per heavy atom. The molecule has 2 unspecified atom stereocenters. The van der Waals surface area contributed by atoms with Crippen LogP contribution in [0.1, 0.15) is 38.3 Å². The van der Waals surface area contributed by atoms with E-state index in [-0.39, 0.29) is 0 Å². The van der Waals surface area contributed by atoms with Crippen LogP contribution in [0.3, 0.4) is 0 Å². The second-order valence-electron chi connectivity index (χ2n) is 5.23. The van der Waals surface area contributed by atoms with E-state index in [0.29, 0.717) is 12.1 Å². The van der Waals surface area contributed by atoms with Crippen molar-refractivity contribution in [2.24, 2.45) is 0 Å². The van der Waals surface area contributed by atoms with Gasteiger partial charge in [0.25, 0.3) is 0 Å². The number of ether oxygens (including phenoxy) is 1. The van der Waals surface area contributed by atoms with Crippen molar-refractivity contribution in [2.75, 3.05) is 7.11 Å². The summed E-state index contributed by atoms with van der Waals surface area (Å²) in [4.78, 5) is 0. The Labute approximate surface area is 108 Å². The van der Waals surface area contributed by atoms with Gasteiger partial charge < -0.3 is 10.1 Å². The number of hydrogen-bond acceptors (Lipinski definition) is 3. The fourth-order valence-corrected chi connectivity index (χ4v) is 3.12. The summed E-state index contributed by atoms with van der Waals surface area (Å²) in [7, 11) is 1.73. The number of fused-ring (bicyclic) bond motifs is 2. The zero-order valence-electron chi connectivity index (χ0n) is 11.1. The van der Waals surface area contributed by atoms with Crippen LogP contribution < -0.4 is 10.1 Å². The summed E-state index contributed by atoms with van der Waals surface area (Å²) in [6, 6.07) is 1.19. The van der Waals surface area contributed by atoms with Crippen LogP contribution in [0.4, 0.5) is 0 Å². The summed E-state index contributed by atoms with van der Waals surface area (Å²) in [5.74, 6) is 0.913. The molecule has 0 saturated carbocycles. The molecule has 3 heterocycles. The third-order valence-electron chi connectivity index (χ3n) is 3.91. The lowest BCUT2D eigenvalue weighted by molar-refractivity contribution is 0.411. The smallest absolute Gasteiger partial charge is 0.164 e. The maximum absolute atomic E-state index is 5.47. The number of aryl methyl sites for hydroxylation is 1. The first-order chi connectivity index (χ1) is 8.81. The van der Waals surface area contributed by atoms with Gasteiger partial charge in [-0.1, -0.05) is 13.0 Å². The van der Waals surface area contributed by atoms with Gasteiger partial charge in [0, 0.05) is 18.6 Å². The van der Waals surface area contributed by atoms with Gasteiger partial charge in [0.05, 0.1) is 13.3 Å². The number of hydrogen-bond donors (Lipinski definition) is 1. The third kappa shape index (κ3) is 1.94. The first kappa shape index (κ1) is 11.8. The minimum absolute atomic E-state index is 0.549. The molecule has 0 spiro atoms. The minimum Gasteiger partial charge on any atom is -0.493 e. The molecular formula is C14H21N3O. The Morgan fingerprint density at radius 1 is 1.50 bits per heavy atom. The van der Waals surface area contributed by atoms with Crippen molar-refractivity contribution in [3.05, 3.63) is 18.0 Å². The van der Waals surface area contributed by atoms with Crippen molar-refractivity contribution in [3.63, 3.8) is 0 Å². The van der Waals surface area contributed by atoms with Crippen molar-refractivity contribution < 1.29 is 4.74 Å². The molecule has 1 N–H and O–H groups in total. The third-order valence-corrected chi connectivity index (χ3v) is 3.91. The van der Waals surface area contributed by atoms with Crippen LogP contribution in [0, 0.1) is 0 Å². The fraction of sp³-hybridized carbons (Fsp3) is 0.643. The predicted molar refractivity (Wildman–Crippen MR) is 71.6 cm³/mol. The SMILES string of the molecule is CCCn1ncc(OC)c1C1=CC2CCC(C1)N2. The van der Waals surface area contributed by atoms with Crippen molar-refractivity contribution in [3.8, 4) is 5.75 Å². The first-order valence-electron chi connectivity index (χ1n) is 6.88. The normalized spacial score (nSPS) is 26.2. The zero-order chi connectivity index (χ0) is 12.5. The van der Waals surface area contributed by atoms with Crippen molar-refractivity contribution in [1.82, 2.24) is 15.1 Å². The summed E-state index contributed by atoms with van der Waals surface area (Å²) < 4.78 is 7.56. The molecule has 98 valence electrons. The van der Waals surface area contributed by atoms with E-state index in [1.54, 1.807) is 7.11 Å². The summed E-state index contributed by atoms with van der Waals surface area (Å²) >= 11 is 0. The molecular weight excluding hydrogens is 226 g/mol. The molecule has 4 heteroatoms. The largest absolute Gasteiger partial charge is 0.493 e. The summed E-state index contributed by atoms with van der Waals surface area (Å²) in [5.41, 5.74) is 2.60. The highest BCUT2D eigenvalue weighted by molar-refractivity contribution is 5.70. The van der Waals surface area contributed by atoms with E-state index in [1.807, 2.05) is 6.20 Å². The van der Waals surface area contributed by atoms with Gasteiger partial charge in [-0.25, -0.2) is 0 Å². The van der Waals surface area contributed by atoms with Crippen LogP contribution in [0.25, 0.3) is 5.57 Å². The molecule has 1 aromatic rings. The van der Waals surface area contributed by atoms with E-state index in [0.717, 1.165) is 25.1 Å². The molecule has 2 aliphatic rings. The molecule has 1 saturated heterocycles. The topological polar surface area (TPSA) is 39.1 Å². The average molecular weight is 247 g/mol. The lowest BCUT2D eigenvalue weighted by Gasteiger charge is -2.22. The molecule has 1 aromatic heterocycles. The number of nitrogens with one attached hydrogen (secondary N) is 1. The van der Waals surface area contributed by atoms with Gasteiger partial charge in [-0.3, -0.25) is 4.68 Å². The highest BCUT2D eigenvalue weighted by Crippen LogP contribution is 2.35. The van der Waals surface area contributed by atoms with Crippen LogP contribution in [0.15, 0.2) is 12.3 Å². The molecule has 2 atom stereocenters. The second kappa shape index (κ2) is 4.76. The van der Waals surface area contributed by atoms with Crippen LogP contribution >= 0.6 is 0 Å². The number of methoxy groups -OCH3 is 1. The molecule has 3 rings (SSSR count). The molecule has 1 fully saturated rings. The van der Waals surface area contributed by atoms with Gasteiger partial charge in [-0.15, -0.1) is 0 Å². The molecule has 18 heavy (non-hydrogen) atoms.